The van der Waals surface area contributed by atoms with E-state index in [0.29, 0.717) is 18.5 Å². The number of nitrogens with two attached hydrogens (primary N) is 1. The molecule has 0 aromatic carbocycles. The molecule has 2 aliphatic rings. The molecule has 3 N–H and O–H groups in total. The van der Waals surface area contributed by atoms with Crippen LogP contribution in [0.3, 0.4) is 0 Å². The van der Waals surface area contributed by atoms with E-state index >= 15 is 0 Å². The average Bonchev–Trinajstić information content (AvgIpc) is 2.37. The van der Waals surface area contributed by atoms with Gasteiger partial charge < -0.3 is 10.6 Å². The number of hydrogen-bond acceptors (Lipinski definition) is 2. The fraction of sp³-hybridized carbons (Fsp3) is 0.929. The molecule has 2 fully saturated rings. The zero-order chi connectivity index (χ0) is 14.8. The Morgan fingerprint density at radius 3 is 2.10 bits per heavy atom. The van der Waals surface area contributed by atoms with Gasteiger partial charge in [-0.3, -0.25) is 5.41 Å². The van der Waals surface area contributed by atoms with Crippen LogP contribution >= 0.6 is 0 Å². The van der Waals surface area contributed by atoms with Gasteiger partial charge in [0.25, 0.3) is 0 Å². The molecular weight excluding hydrogens is 267 g/mol. The van der Waals surface area contributed by atoms with E-state index in [1.54, 1.807) is 0 Å². The highest BCUT2D eigenvalue weighted by Crippen LogP contribution is 2.44. The van der Waals surface area contributed by atoms with E-state index in [1.807, 2.05) is 4.90 Å². The van der Waals surface area contributed by atoms with E-state index in [-0.39, 0.29) is 6.54 Å². The number of alkyl halides is 3. The second-order valence-electron chi connectivity index (χ2n) is 6.41. The maximum Gasteiger partial charge on any atom is 0.399 e. The molecule has 1 aliphatic heterocycles. The summed E-state index contributed by atoms with van der Waals surface area (Å²) in [7, 11) is 0. The largest absolute Gasteiger partial charge is 0.399 e. The quantitative estimate of drug-likeness (QED) is 0.620. The van der Waals surface area contributed by atoms with Gasteiger partial charge in [0.1, 0.15) is 11.8 Å². The summed E-state index contributed by atoms with van der Waals surface area (Å²) in [6.45, 7) is 1.26. The Morgan fingerprint density at radius 1 is 1.10 bits per heavy atom. The Labute approximate surface area is 118 Å². The lowest BCUT2D eigenvalue weighted by Gasteiger charge is -2.45. The topological polar surface area (TPSA) is 53.1 Å². The standard InChI is InChI=1S/C14H24F3N3/c15-14(16,17)11(12(18)19)10-20-8-6-13(7-9-20)4-2-1-3-5-13/h11H,1-10H2,(H3,18,19). The van der Waals surface area contributed by atoms with Crippen molar-refractivity contribution in [2.45, 2.75) is 51.1 Å². The first-order valence-electron chi connectivity index (χ1n) is 7.45. The van der Waals surface area contributed by atoms with Crippen molar-refractivity contribution in [2.24, 2.45) is 17.1 Å². The van der Waals surface area contributed by atoms with Crippen molar-refractivity contribution in [3.63, 3.8) is 0 Å². The molecule has 20 heavy (non-hydrogen) atoms. The molecule has 1 spiro atoms. The highest BCUT2D eigenvalue weighted by atomic mass is 19.4. The number of piperidine rings is 1. The predicted molar refractivity (Wildman–Crippen MR) is 72.7 cm³/mol. The van der Waals surface area contributed by atoms with Crippen molar-refractivity contribution in [1.29, 1.82) is 5.41 Å². The Bertz CT molecular complexity index is 338. The van der Waals surface area contributed by atoms with Crippen LogP contribution in [-0.2, 0) is 0 Å². The van der Waals surface area contributed by atoms with Crippen molar-refractivity contribution in [3.8, 4) is 0 Å². The molecule has 1 aliphatic carbocycles. The minimum atomic E-state index is -4.41. The summed E-state index contributed by atoms with van der Waals surface area (Å²) in [5.74, 6) is -2.58. The van der Waals surface area contributed by atoms with E-state index in [0.717, 1.165) is 12.8 Å². The van der Waals surface area contributed by atoms with Gasteiger partial charge in [-0.25, -0.2) is 0 Å². The van der Waals surface area contributed by atoms with Crippen LogP contribution in [-0.4, -0.2) is 36.5 Å². The lowest BCUT2D eigenvalue weighted by Crippen LogP contribution is -2.48. The summed E-state index contributed by atoms with van der Waals surface area (Å²) in [6.07, 6.45) is 3.87. The lowest BCUT2D eigenvalue weighted by molar-refractivity contribution is -0.161. The van der Waals surface area contributed by atoms with Crippen molar-refractivity contribution in [3.05, 3.63) is 0 Å². The van der Waals surface area contributed by atoms with Crippen LogP contribution in [0.2, 0.25) is 0 Å². The monoisotopic (exact) mass is 291 g/mol. The number of rotatable bonds is 3. The molecule has 116 valence electrons. The molecule has 1 saturated carbocycles. The van der Waals surface area contributed by atoms with Gasteiger partial charge in [-0.15, -0.1) is 0 Å². The van der Waals surface area contributed by atoms with Gasteiger partial charge in [0, 0.05) is 6.54 Å². The maximum absolute atomic E-state index is 12.8. The summed E-state index contributed by atoms with van der Waals surface area (Å²) >= 11 is 0. The smallest absolute Gasteiger partial charge is 0.387 e. The van der Waals surface area contributed by atoms with E-state index in [4.69, 9.17) is 11.1 Å². The number of likely N-dealkylation sites (tertiary alicyclic amines) is 1. The van der Waals surface area contributed by atoms with Gasteiger partial charge in [-0.1, -0.05) is 19.3 Å². The number of hydrogen-bond donors (Lipinski definition) is 2. The molecule has 2 rings (SSSR count). The Balaban J connectivity index is 1.88. The minimum Gasteiger partial charge on any atom is -0.387 e. The summed E-state index contributed by atoms with van der Waals surface area (Å²) in [5.41, 5.74) is 5.50. The fourth-order valence-corrected chi connectivity index (χ4v) is 3.65. The molecular formula is C14H24F3N3. The van der Waals surface area contributed by atoms with Gasteiger partial charge >= 0.3 is 6.18 Å². The van der Waals surface area contributed by atoms with Crippen LogP contribution in [0.25, 0.3) is 0 Å². The molecule has 3 nitrogen and oxygen atoms in total. The third kappa shape index (κ3) is 3.65. The summed E-state index contributed by atoms with van der Waals surface area (Å²) in [6, 6.07) is 0. The molecule has 1 atom stereocenters. The molecule has 1 saturated heterocycles. The number of nitrogens with zero attached hydrogens (tertiary/aromatic N) is 1. The van der Waals surface area contributed by atoms with Crippen molar-refractivity contribution in [1.82, 2.24) is 4.90 Å². The first kappa shape index (κ1) is 15.6. The Morgan fingerprint density at radius 2 is 1.65 bits per heavy atom. The Hall–Kier alpha value is -0.780. The van der Waals surface area contributed by atoms with Gasteiger partial charge in [0.05, 0.1) is 0 Å². The van der Waals surface area contributed by atoms with E-state index in [1.165, 1.54) is 32.1 Å². The molecule has 0 radical (unpaired) electrons. The van der Waals surface area contributed by atoms with Gasteiger partial charge in [-0.2, -0.15) is 13.2 Å². The highest BCUT2D eigenvalue weighted by Gasteiger charge is 2.44. The summed E-state index contributed by atoms with van der Waals surface area (Å²) in [5, 5.41) is 7.15. The van der Waals surface area contributed by atoms with Crippen LogP contribution in [0.15, 0.2) is 0 Å². The maximum atomic E-state index is 12.8. The summed E-state index contributed by atoms with van der Waals surface area (Å²) in [4.78, 5) is 1.83. The van der Waals surface area contributed by atoms with Crippen LogP contribution in [0.4, 0.5) is 13.2 Å². The predicted octanol–water partition coefficient (Wildman–Crippen LogP) is 3.15. The molecule has 1 unspecified atom stereocenters. The van der Waals surface area contributed by atoms with Gasteiger partial charge in [0.2, 0.25) is 0 Å². The van der Waals surface area contributed by atoms with E-state index in [9.17, 15) is 13.2 Å². The molecule has 0 aromatic rings. The number of halogens is 3. The van der Waals surface area contributed by atoms with Crippen LogP contribution < -0.4 is 5.73 Å². The minimum absolute atomic E-state index is 0.158. The van der Waals surface area contributed by atoms with E-state index < -0.39 is 17.9 Å². The second kappa shape index (κ2) is 5.92. The van der Waals surface area contributed by atoms with Crippen LogP contribution in [0, 0.1) is 16.7 Å². The lowest BCUT2D eigenvalue weighted by atomic mass is 9.68. The molecule has 0 amide bonds. The third-order valence-corrected chi connectivity index (χ3v) is 5.04. The Kier molecular flexibility index (Phi) is 4.62. The molecule has 1 heterocycles. The molecule has 6 heteroatoms. The summed E-state index contributed by atoms with van der Waals surface area (Å²) < 4.78 is 38.5. The van der Waals surface area contributed by atoms with Crippen molar-refractivity contribution < 1.29 is 13.2 Å². The van der Waals surface area contributed by atoms with Crippen molar-refractivity contribution in [2.75, 3.05) is 19.6 Å². The fourth-order valence-electron chi connectivity index (χ4n) is 3.65. The van der Waals surface area contributed by atoms with Gasteiger partial charge in [0.15, 0.2) is 0 Å². The van der Waals surface area contributed by atoms with Crippen molar-refractivity contribution >= 4 is 5.84 Å². The third-order valence-electron chi connectivity index (χ3n) is 5.04. The highest BCUT2D eigenvalue weighted by molar-refractivity contribution is 5.80. The average molecular weight is 291 g/mol. The molecule has 0 bridgehead atoms. The zero-order valence-corrected chi connectivity index (χ0v) is 11.8. The zero-order valence-electron chi connectivity index (χ0n) is 11.8. The number of nitrogens with one attached hydrogen (secondary N) is 1. The number of amidine groups is 1. The second-order valence-corrected chi connectivity index (χ2v) is 6.41. The first-order chi connectivity index (χ1) is 9.32. The van der Waals surface area contributed by atoms with Gasteiger partial charge in [-0.05, 0) is 44.2 Å². The van der Waals surface area contributed by atoms with Crippen LogP contribution in [0.1, 0.15) is 44.9 Å². The SMILES string of the molecule is N=C(N)C(CN1CCC2(CCCCC2)CC1)C(F)(F)F. The first-order valence-corrected chi connectivity index (χ1v) is 7.45. The molecule has 0 aromatic heterocycles. The van der Waals surface area contributed by atoms with E-state index in [2.05, 4.69) is 0 Å². The normalized spacial score (nSPS) is 25.6. The van der Waals surface area contributed by atoms with Crippen LogP contribution in [0.5, 0.6) is 0 Å².